The molecule has 5 heteroatoms. The Morgan fingerprint density at radius 3 is 2.82 bits per heavy atom. The van der Waals surface area contributed by atoms with Crippen LogP contribution in [0.4, 0.5) is 0 Å². The van der Waals surface area contributed by atoms with Crippen LogP contribution in [-0.4, -0.2) is 34.2 Å². The molecule has 2 aliphatic rings. The molecule has 28 heavy (non-hydrogen) atoms. The van der Waals surface area contributed by atoms with E-state index >= 15 is 0 Å². The number of hydrogen-bond acceptors (Lipinski definition) is 3. The molecule has 4 rings (SSSR count). The largest absolute Gasteiger partial charge is 0.496 e. The van der Waals surface area contributed by atoms with Gasteiger partial charge < -0.3 is 9.64 Å². The summed E-state index contributed by atoms with van der Waals surface area (Å²) in [7, 11) is 1.70. The molecule has 1 fully saturated rings. The topological polar surface area (TPSA) is 47.4 Å². The molecule has 2 aromatic rings. The molecule has 0 N–H and O–H groups in total. The summed E-state index contributed by atoms with van der Waals surface area (Å²) in [6.45, 7) is 7.60. The van der Waals surface area contributed by atoms with Crippen molar-refractivity contribution in [1.82, 2.24) is 14.7 Å². The molecule has 0 radical (unpaired) electrons. The third kappa shape index (κ3) is 3.21. The van der Waals surface area contributed by atoms with Gasteiger partial charge in [0.25, 0.3) is 0 Å². The molecule has 0 bridgehead atoms. The smallest absolute Gasteiger partial charge is 0.244 e. The van der Waals surface area contributed by atoms with Crippen LogP contribution in [0.3, 0.4) is 0 Å². The molecule has 150 valence electrons. The average Bonchev–Trinajstić information content (AvgIpc) is 3.29. The van der Waals surface area contributed by atoms with Crippen LogP contribution in [0.25, 0.3) is 0 Å². The van der Waals surface area contributed by atoms with Crippen LogP contribution in [0.2, 0.25) is 0 Å². The number of fused-ring (bicyclic) bond motifs is 1. The van der Waals surface area contributed by atoms with Gasteiger partial charge in [0.15, 0.2) is 0 Å². The van der Waals surface area contributed by atoms with Crippen LogP contribution in [-0.2, 0) is 17.8 Å². The molecular weight excluding hydrogens is 350 g/mol. The second-order valence-corrected chi connectivity index (χ2v) is 8.32. The zero-order chi connectivity index (χ0) is 19.8. The summed E-state index contributed by atoms with van der Waals surface area (Å²) < 4.78 is 7.44. The highest BCUT2D eigenvalue weighted by atomic mass is 16.5. The Hall–Kier alpha value is -2.30. The first-order valence-electron chi connectivity index (χ1n) is 10.5. The van der Waals surface area contributed by atoms with E-state index in [1.165, 1.54) is 35.4 Å². The number of nitrogens with zero attached hydrogens (tertiary/aromatic N) is 3. The molecule has 0 saturated carbocycles. The first-order valence-corrected chi connectivity index (χ1v) is 10.5. The van der Waals surface area contributed by atoms with Crippen molar-refractivity contribution >= 4 is 5.91 Å². The van der Waals surface area contributed by atoms with E-state index in [9.17, 15) is 4.79 Å². The number of ether oxygens (including phenoxy) is 1. The molecule has 1 unspecified atom stereocenters. The zero-order valence-corrected chi connectivity index (χ0v) is 17.5. The predicted octanol–water partition coefficient (Wildman–Crippen LogP) is 4.31. The molecule has 5 nitrogen and oxygen atoms in total. The van der Waals surface area contributed by atoms with Gasteiger partial charge in [-0.05, 0) is 68.7 Å². The van der Waals surface area contributed by atoms with Gasteiger partial charge in [-0.3, -0.25) is 9.48 Å². The molecular formula is C23H31N3O2. The van der Waals surface area contributed by atoms with Gasteiger partial charge in [-0.25, -0.2) is 0 Å². The Morgan fingerprint density at radius 1 is 1.25 bits per heavy atom. The van der Waals surface area contributed by atoms with E-state index in [0.717, 1.165) is 37.1 Å². The van der Waals surface area contributed by atoms with Crippen molar-refractivity contribution in [3.05, 3.63) is 46.3 Å². The van der Waals surface area contributed by atoms with Crippen LogP contribution >= 0.6 is 0 Å². The summed E-state index contributed by atoms with van der Waals surface area (Å²) in [5, 5.41) is 4.83. The van der Waals surface area contributed by atoms with Gasteiger partial charge in [0.1, 0.15) is 12.3 Å². The van der Waals surface area contributed by atoms with Crippen molar-refractivity contribution in [2.75, 3.05) is 13.7 Å². The second kappa shape index (κ2) is 7.61. The Morgan fingerprint density at radius 2 is 2.07 bits per heavy atom. The monoisotopic (exact) mass is 381 g/mol. The van der Waals surface area contributed by atoms with Crippen LogP contribution in [0.15, 0.2) is 18.2 Å². The SMILES string of the molecule is COc1cccc([C@H]2CCCN2C(=O)Cn2nc3c(c2C)CCCC3C)c1C. The fourth-order valence-corrected chi connectivity index (χ4v) is 5.01. The summed E-state index contributed by atoms with van der Waals surface area (Å²) in [6, 6.07) is 6.27. The van der Waals surface area contributed by atoms with E-state index in [4.69, 9.17) is 9.84 Å². The van der Waals surface area contributed by atoms with E-state index in [2.05, 4.69) is 26.8 Å². The minimum Gasteiger partial charge on any atom is -0.496 e. The van der Waals surface area contributed by atoms with Crippen LogP contribution in [0.1, 0.15) is 72.6 Å². The summed E-state index contributed by atoms with van der Waals surface area (Å²) in [4.78, 5) is 15.3. The fourth-order valence-electron chi connectivity index (χ4n) is 5.01. The van der Waals surface area contributed by atoms with Crippen molar-refractivity contribution in [1.29, 1.82) is 0 Å². The molecule has 2 atom stereocenters. The average molecular weight is 382 g/mol. The number of aromatic nitrogens is 2. The lowest BCUT2D eigenvalue weighted by Gasteiger charge is -2.27. The molecule has 1 aliphatic carbocycles. The van der Waals surface area contributed by atoms with Gasteiger partial charge in [-0.2, -0.15) is 5.10 Å². The highest BCUT2D eigenvalue weighted by molar-refractivity contribution is 5.77. The maximum Gasteiger partial charge on any atom is 0.244 e. The number of hydrogen-bond donors (Lipinski definition) is 0. The van der Waals surface area contributed by atoms with Crippen molar-refractivity contribution in [3.8, 4) is 5.75 Å². The molecule has 1 amide bonds. The van der Waals surface area contributed by atoms with Gasteiger partial charge in [-0.15, -0.1) is 0 Å². The maximum absolute atomic E-state index is 13.2. The minimum atomic E-state index is 0.131. The van der Waals surface area contributed by atoms with E-state index in [-0.39, 0.29) is 11.9 Å². The van der Waals surface area contributed by atoms with E-state index < -0.39 is 0 Å². The van der Waals surface area contributed by atoms with Crippen molar-refractivity contribution in [2.24, 2.45) is 0 Å². The number of carbonyl (C=O) groups is 1. The zero-order valence-electron chi connectivity index (χ0n) is 17.5. The number of carbonyl (C=O) groups excluding carboxylic acids is 1. The van der Waals surface area contributed by atoms with E-state index in [1.54, 1.807) is 7.11 Å². The first-order chi connectivity index (χ1) is 13.5. The molecule has 1 aliphatic heterocycles. The van der Waals surface area contributed by atoms with Gasteiger partial charge >= 0.3 is 0 Å². The summed E-state index contributed by atoms with van der Waals surface area (Å²) in [5.74, 6) is 1.56. The lowest BCUT2D eigenvalue weighted by atomic mass is 9.88. The van der Waals surface area contributed by atoms with E-state index in [1.807, 2.05) is 21.7 Å². The lowest BCUT2D eigenvalue weighted by Crippen LogP contribution is -2.34. The maximum atomic E-state index is 13.2. The Bertz CT molecular complexity index is 886. The van der Waals surface area contributed by atoms with Crippen LogP contribution in [0, 0.1) is 13.8 Å². The Balaban J connectivity index is 1.57. The number of rotatable bonds is 4. The van der Waals surface area contributed by atoms with Gasteiger partial charge in [0.05, 0.1) is 18.8 Å². The highest BCUT2D eigenvalue weighted by Crippen LogP contribution is 2.37. The quantitative estimate of drug-likeness (QED) is 0.793. The van der Waals surface area contributed by atoms with Crippen molar-refractivity contribution in [2.45, 2.75) is 71.4 Å². The normalized spacial score (nSPS) is 21.6. The van der Waals surface area contributed by atoms with Crippen LogP contribution in [0.5, 0.6) is 5.75 Å². The van der Waals surface area contributed by atoms with Gasteiger partial charge in [0.2, 0.25) is 5.91 Å². The van der Waals surface area contributed by atoms with Gasteiger partial charge in [-0.1, -0.05) is 19.1 Å². The third-order valence-electron chi connectivity index (χ3n) is 6.66. The number of amides is 1. The molecule has 1 aromatic carbocycles. The first kappa shape index (κ1) is 19.0. The number of likely N-dealkylation sites (tertiary alicyclic amines) is 1. The predicted molar refractivity (Wildman–Crippen MR) is 110 cm³/mol. The minimum absolute atomic E-state index is 0.131. The fraction of sp³-hybridized carbons (Fsp3) is 0.565. The number of methoxy groups -OCH3 is 1. The molecule has 1 aromatic heterocycles. The molecule has 2 heterocycles. The van der Waals surface area contributed by atoms with Gasteiger partial charge in [0, 0.05) is 18.2 Å². The third-order valence-corrected chi connectivity index (χ3v) is 6.66. The van der Waals surface area contributed by atoms with E-state index in [0.29, 0.717) is 12.5 Å². The highest BCUT2D eigenvalue weighted by Gasteiger charge is 2.32. The lowest BCUT2D eigenvalue weighted by molar-refractivity contribution is -0.133. The Kier molecular flexibility index (Phi) is 5.17. The second-order valence-electron chi connectivity index (χ2n) is 8.32. The molecule has 1 saturated heterocycles. The molecule has 0 spiro atoms. The van der Waals surface area contributed by atoms with Crippen molar-refractivity contribution in [3.63, 3.8) is 0 Å². The number of benzene rings is 1. The summed E-state index contributed by atoms with van der Waals surface area (Å²) in [5.41, 5.74) is 6.08. The standard InChI is InChI=1S/C23H31N3O2/c1-15-8-5-10-19-17(3)26(24-23(15)19)14-22(27)25-13-7-11-20(25)18-9-6-12-21(28-4)16(18)2/h6,9,12,15,20H,5,7-8,10-11,13-14H2,1-4H3/t15?,20-/m1/s1. The van der Waals surface area contributed by atoms with Crippen LogP contribution < -0.4 is 4.74 Å². The Labute approximate surface area is 167 Å². The summed E-state index contributed by atoms with van der Waals surface area (Å²) >= 11 is 0. The summed E-state index contributed by atoms with van der Waals surface area (Å²) in [6.07, 6.45) is 5.55. The van der Waals surface area contributed by atoms with Crippen molar-refractivity contribution < 1.29 is 9.53 Å².